The van der Waals surface area contributed by atoms with Crippen molar-refractivity contribution in [3.63, 3.8) is 0 Å². The van der Waals surface area contributed by atoms with Crippen LogP contribution in [0.15, 0.2) is 22.9 Å². The van der Waals surface area contributed by atoms with Crippen molar-refractivity contribution in [2.45, 2.75) is 44.6 Å². The van der Waals surface area contributed by atoms with E-state index in [0.717, 1.165) is 36.9 Å². The molecule has 3 rings (SSSR count). The summed E-state index contributed by atoms with van der Waals surface area (Å²) in [4.78, 5) is 8.70. The Labute approximate surface area is 112 Å². The van der Waals surface area contributed by atoms with E-state index in [0.29, 0.717) is 11.7 Å². The Morgan fingerprint density at radius 3 is 2.68 bits per heavy atom. The molecule has 5 heteroatoms. The van der Waals surface area contributed by atoms with Crippen LogP contribution in [0.4, 0.5) is 0 Å². The Bertz CT molecular complexity index is 555. The van der Waals surface area contributed by atoms with E-state index in [1.54, 1.807) is 6.20 Å². The van der Waals surface area contributed by atoms with E-state index in [1.165, 1.54) is 6.42 Å². The summed E-state index contributed by atoms with van der Waals surface area (Å²) in [7, 11) is 0. The van der Waals surface area contributed by atoms with Crippen LogP contribution in [0.25, 0.3) is 11.5 Å². The van der Waals surface area contributed by atoms with E-state index >= 15 is 0 Å². The lowest BCUT2D eigenvalue weighted by atomic mass is 9.82. The number of hydrogen-bond acceptors (Lipinski definition) is 5. The molecule has 0 amide bonds. The molecular weight excluding hydrogens is 240 g/mol. The maximum Gasteiger partial charge on any atom is 0.259 e. The normalized spacial score (nSPS) is 18.4. The molecule has 0 radical (unpaired) electrons. The van der Waals surface area contributed by atoms with Crippen molar-refractivity contribution in [2.75, 3.05) is 0 Å². The number of rotatable bonds is 2. The van der Waals surface area contributed by atoms with Gasteiger partial charge in [-0.05, 0) is 31.9 Å². The van der Waals surface area contributed by atoms with Gasteiger partial charge in [0.2, 0.25) is 0 Å². The summed E-state index contributed by atoms with van der Waals surface area (Å²) in [6.07, 6.45) is 7.11. The number of nitrogens with zero attached hydrogens (tertiary/aromatic N) is 3. The number of pyridine rings is 1. The van der Waals surface area contributed by atoms with Crippen molar-refractivity contribution in [1.29, 1.82) is 0 Å². The van der Waals surface area contributed by atoms with Gasteiger partial charge in [0.25, 0.3) is 5.89 Å². The summed E-state index contributed by atoms with van der Waals surface area (Å²) >= 11 is 0. The van der Waals surface area contributed by atoms with Crippen molar-refractivity contribution in [3.05, 3.63) is 29.8 Å². The van der Waals surface area contributed by atoms with Crippen LogP contribution in [-0.4, -0.2) is 15.1 Å². The molecule has 2 heterocycles. The van der Waals surface area contributed by atoms with Crippen molar-refractivity contribution in [2.24, 2.45) is 5.73 Å². The highest BCUT2D eigenvalue weighted by Gasteiger charge is 2.34. The number of aryl methyl sites for hydroxylation is 1. The van der Waals surface area contributed by atoms with Crippen molar-refractivity contribution in [3.8, 4) is 11.5 Å². The predicted octanol–water partition coefficient (Wildman–Crippen LogP) is 2.56. The largest absolute Gasteiger partial charge is 0.334 e. The van der Waals surface area contributed by atoms with Gasteiger partial charge in [0.1, 0.15) is 0 Å². The first-order chi connectivity index (χ1) is 9.17. The van der Waals surface area contributed by atoms with Gasteiger partial charge in [0.05, 0.1) is 11.1 Å². The van der Waals surface area contributed by atoms with Crippen molar-refractivity contribution in [1.82, 2.24) is 15.1 Å². The molecule has 5 nitrogen and oxygen atoms in total. The van der Waals surface area contributed by atoms with Crippen LogP contribution in [0.2, 0.25) is 0 Å². The standard InChI is InChI=1S/C14H18N4O/c1-10-5-6-11(9-16-10)12-17-13(18-19-12)14(15)7-3-2-4-8-14/h5-6,9H,2-4,7-8,15H2,1H3. The molecule has 1 fully saturated rings. The molecule has 0 unspecified atom stereocenters. The van der Waals surface area contributed by atoms with Crippen molar-refractivity contribution < 1.29 is 4.52 Å². The lowest BCUT2D eigenvalue weighted by molar-refractivity contribution is 0.275. The van der Waals surface area contributed by atoms with Gasteiger partial charge < -0.3 is 10.3 Å². The fourth-order valence-electron chi connectivity index (χ4n) is 2.54. The molecule has 0 atom stereocenters. The Kier molecular flexibility index (Phi) is 3.06. The van der Waals surface area contributed by atoms with Crippen LogP contribution < -0.4 is 5.73 Å². The average Bonchev–Trinajstić information content (AvgIpc) is 2.91. The third-order valence-corrected chi connectivity index (χ3v) is 3.78. The molecule has 2 N–H and O–H groups in total. The topological polar surface area (TPSA) is 77.8 Å². The molecule has 0 spiro atoms. The fourth-order valence-corrected chi connectivity index (χ4v) is 2.54. The molecule has 2 aromatic heterocycles. The van der Waals surface area contributed by atoms with Crippen LogP contribution in [0.5, 0.6) is 0 Å². The van der Waals surface area contributed by atoms with E-state index in [2.05, 4.69) is 15.1 Å². The second-order valence-corrected chi connectivity index (χ2v) is 5.33. The Morgan fingerprint density at radius 1 is 1.21 bits per heavy atom. The van der Waals surface area contributed by atoms with Gasteiger partial charge in [-0.15, -0.1) is 0 Å². The quantitative estimate of drug-likeness (QED) is 0.895. The van der Waals surface area contributed by atoms with Gasteiger partial charge in [0, 0.05) is 11.9 Å². The lowest BCUT2D eigenvalue weighted by Crippen LogP contribution is -2.39. The van der Waals surface area contributed by atoms with E-state index in [9.17, 15) is 0 Å². The maximum absolute atomic E-state index is 6.40. The van der Waals surface area contributed by atoms with Crippen LogP contribution in [0.3, 0.4) is 0 Å². The molecule has 0 saturated heterocycles. The third kappa shape index (κ3) is 2.38. The van der Waals surface area contributed by atoms with Gasteiger partial charge in [-0.25, -0.2) is 0 Å². The molecule has 1 aliphatic carbocycles. The molecule has 0 bridgehead atoms. The molecule has 0 aliphatic heterocycles. The van der Waals surface area contributed by atoms with Crippen LogP contribution in [0, 0.1) is 6.92 Å². The summed E-state index contributed by atoms with van der Waals surface area (Å²) < 4.78 is 5.33. The second kappa shape index (κ2) is 4.74. The summed E-state index contributed by atoms with van der Waals surface area (Å²) in [6, 6.07) is 3.86. The van der Waals surface area contributed by atoms with Crippen LogP contribution in [-0.2, 0) is 5.54 Å². The second-order valence-electron chi connectivity index (χ2n) is 5.33. The molecule has 2 aromatic rings. The van der Waals surface area contributed by atoms with E-state index < -0.39 is 5.54 Å². The van der Waals surface area contributed by atoms with Gasteiger partial charge in [-0.2, -0.15) is 4.98 Å². The number of nitrogens with two attached hydrogens (primary N) is 1. The minimum atomic E-state index is -0.419. The van der Waals surface area contributed by atoms with Crippen LogP contribution in [0.1, 0.15) is 43.6 Å². The van der Waals surface area contributed by atoms with Gasteiger partial charge in [-0.3, -0.25) is 4.98 Å². The molecule has 19 heavy (non-hydrogen) atoms. The summed E-state index contributed by atoms with van der Waals surface area (Å²) in [5.74, 6) is 1.13. The Hall–Kier alpha value is -1.75. The summed E-state index contributed by atoms with van der Waals surface area (Å²) in [5, 5.41) is 4.07. The minimum absolute atomic E-state index is 0.419. The molecule has 100 valence electrons. The fraction of sp³-hybridized carbons (Fsp3) is 0.500. The zero-order valence-corrected chi connectivity index (χ0v) is 11.1. The van der Waals surface area contributed by atoms with Gasteiger partial charge in [-0.1, -0.05) is 24.4 Å². The highest BCUT2D eigenvalue weighted by atomic mass is 16.5. The molecular formula is C14H18N4O. The SMILES string of the molecule is Cc1ccc(-c2nc(C3(N)CCCCC3)no2)cn1. The Morgan fingerprint density at radius 2 is 2.00 bits per heavy atom. The third-order valence-electron chi connectivity index (χ3n) is 3.78. The lowest BCUT2D eigenvalue weighted by Gasteiger charge is -2.29. The first kappa shape index (κ1) is 12.3. The zero-order valence-electron chi connectivity index (χ0n) is 11.1. The highest BCUT2D eigenvalue weighted by molar-refractivity contribution is 5.51. The zero-order chi connectivity index (χ0) is 13.3. The first-order valence-electron chi connectivity index (χ1n) is 6.73. The number of hydrogen-bond donors (Lipinski definition) is 1. The maximum atomic E-state index is 6.40. The average molecular weight is 258 g/mol. The van der Waals surface area contributed by atoms with Gasteiger partial charge in [0.15, 0.2) is 5.82 Å². The predicted molar refractivity (Wildman–Crippen MR) is 71.2 cm³/mol. The smallest absolute Gasteiger partial charge is 0.259 e. The van der Waals surface area contributed by atoms with Gasteiger partial charge >= 0.3 is 0 Å². The van der Waals surface area contributed by atoms with Crippen molar-refractivity contribution >= 4 is 0 Å². The van der Waals surface area contributed by atoms with Crippen LogP contribution >= 0.6 is 0 Å². The molecule has 1 aliphatic rings. The van der Waals surface area contributed by atoms with E-state index in [1.807, 2.05) is 19.1 Å². The summed E-state index contributed by atoms with van der Waals surface area (Å²) in [5.41, 5.74) is 7.78. The summed E-state index contributed by atoms with van der Waals surface area (Å²) in [6.45, 7) is 1.94. The van der Waals surface area contributed by atoms with E-state index in [4.69, 9.17) is 10.3 Å². The highest BCUT2D eigenvalue weighted by Crippen LogP contribution is 2.33. The first-order valence-corrected chi connectivity index (χ1v) is 6.73. The number of aromatic nitrogens is 3. The molecule has 1 saturated carbocycles. The monoisotopic (exact) mass is 258 g/mol. The minimum Gasteiger partial charge on any atom is -0.334 e. The van der Waals surface area contributed by atoms with E-state index in [-0.39, 0.29) is 0 Å². The molecule has 0 aromatic carbocycles. The Balaban J connectivity index is 1.88.